The monoisotopic (exact) mass is 523 g/mol. The van der Waals surface area contributed by atoms with Gasteiger partial charge in [-0.05, 0) is 117 Å². The molecule has 0 unspecified atom stereocenters. The third kappa shape index (κ3) is 3.72. The van der Waals surface area contributed by atoms with Gasteiger partial charge in [-0.1, -0.05) is 13.8 Å². The fourth-order valence-electron chi connectivity index (χ4n) is 11.1. The van der Waals surface area contributed by atoms with Crippen LogP contribution in [0.15, 0.2) is 22.8 Å². The van der Waals surface area contributed by atoms with Crippen LogP contribution in [0.25, 0.3) is 0 Å². The summed E-state index contributed by atoms with van der Waals surface area (Å²) in [5, 5.41) is 11.9. The number of hydrogen-bond donors (Lipinski definition) is 1. The van der Waals surface area contributed by atoms with Crippen molar-refractivity contribution in [1.82, 2.24) is 4.90 Å². The third-order valence-electron chi connectivity index (χ3n) is 12.8. The van der Waals surface area contributed by atoms with Crippen LogP contribution >= 0.6 is 0 Å². The molecule has 0 radical (unpaired) electrons. The number of Topliss-reactive ketones (excluding diaryl/α,β-unsaturated/α-hetero) is 1. The summed E-state index contributed by atoms with van der Waals surface area (Å²) >= 11 is 0. The molecule has 1 aromatic heterocycles. The van der Waals surface area contributed by atoms with Crippen LogP contribution < -0.4 is 0 Å². The average Bonchev–Trinajstić information content (AvgIpc) is 3.54. The Morgan fingerprint density at radius 3 is 2.66 bits per heavy atom. The Balaban J connectivity index is 1.11. The second-order valence-corrected chi connectivity index (χ2v) is 14.6. The number of hydrogen-bond acceptors (Lipinski definition) is 6. The lowest BCUT2D eigenvalue weighted by atomic mass is 9.51. The van der Waals surface area contributed by atoms with Crippen LogP contribution in [0.1, 0.15) is 89.1 Å². The van der Waals surface area contributed by atoms with Crippen molar-refractivity contribution < 1.29 is 23.8 Å². The maximum atomic E-state index is 13.7. The Morgan fingerprint density at radius 1 is 1.03 bits per heavy atom. The van der Waals surface area contributed by atoms with Crippen LogP contribution in [-0.4, -0.2) is 52.6 Å². The van der Waals surface area contributed by atoms with E-state index in [0.29, 0.717) is 66.1 Å². The second-order valence-electron chi connectivity index (χ2n) is 14.6. The van der Waals surface area contributed by atoms with E-state index in [4.69, 9.17) is 9.15 Å². The molecule has 0 bridgehead atoms. The lowest BCUT2D eigenvalue weighted by Crippen LogP contribution is -2.67. The molecule has 7 rings (SSSR count). The van der Waals surface area contributed by atoms with Gasteiger partial charge in [0.05, 0.1) is 11.9 Å². The van der Waals surface area contributed by atoms with Crippen molar-refractivity contribution in [3.63, 3.8) is 0 Å². The lowest BCUT2D eigenvalue weighted by Gasteiger charge is -2.59. The van der Waals surface area contributed by atoms with E-state index in [1.807, 2.05) is 0 Å². The normalized spacial score (nSPS) is 50.3. The van der Waals surface area contributed by atoms with E-state index in [2.05, 4.69) is 25.7 Å². The summed E-state index contributed by atoms with van der Waals surface area (Å²) in [6.45, 7) is 9.14. The van der Waals surface area contributed by atoms with E-state index in [1.165, 1.54) is 25.5 Å². The molecule has 0 aromatic carbocycles. The number of ketones is 1. The standard InChI is InChI=1S/C32H45NO5/c1-18-6-9-29-32(3,36)24-8-7-20-21(23(24)17-33(29)16-18)14-25-22(20)15-27(34)26-13-19(10-11-31(25,26)2)38-30(35)28-5-4-12-37-28/h4-5,12,18-26,29,36H,6-11,13-17H2,1-3H3/t18-,19-,20-,21+,22+,23-,24-,25+,26-,29+,31+,32-/m0/s1. The zero-order valence-electron chi connectivity index (χ0n) is 23.3. The van der Waals surface area contributed by atoms with Crippen LogP contribution in [-0.2, 0) is 9.53 Å². The van der Waals surface area contributed by atoms with Crippen LogP contribution in [0, 0.1) is 52.8 Å². The molecular weight excluding hydrogens is 478 g/mol. The molecule has 6 fully saturated rings. The number of carbonyl (C=O) groups is 2. The maximum absolute atomic E-state index is 13.7. The van der Waals surface area contributed by atoms with Crippen molar-refractivity contribution in [2.75, 3.05) is 13.1 Å². The zero-order chi connectivity index (χ0) is 26.4. The zero-order valence-corrected chi connectivity index (χ0v) is 23.3. The summed E-state index contributed by atoms with van der Waals surface area (Å²) in [6, 6.07) is 3.64. The highest BCUT2D eigenvalue weighted by Gasteiger charge is 2.64. The van der Waals surface area contributed by atoms with Gasteiger partial charge in [0.2, 0.25) is 5.76 Å². The summed E-state index contributed by atoms with van der Waals surface area (Å²) in [4.78, 5) is 28.9. The number of rotatable bonds is 2. The number of furan rings is 1. The molecule has 1 aromatic rings. The first kappa shape index (κ1) is 25.3. The molecular formula is C32H45NO5. The van der Waals surface area contributed by atoms with Crippen molar-refractivity contribution in [2.24, 2.45) is 52.8 Å². The molecule has 6 heteroatoms. The number of ether oxygens (including phenoxy) is 1. The van der Waals surface area contributed by atoms with Gasteiger partial charge < -0.3 is 14.3 Å². The predicted molar refractivity (Wildman–Crippen MR) is 142 cm³/mol. The van der Waals surface area contributed by atoms with Gasteiger partial charge in [-0.2, -0.15) is 0 Å². The summed E-state index contributed by atoms with van der Waals surface area (Å²) in [5.74, 6) is 4.10. The summed E-state index contributed by atoms with van der Waals surface area (Å²) in [5.41, 5.74) is -0.625. The number of aliphatic hydroxyl groups is 1. The topological polar surface area (TPSA) is 80.0 Å². The minimum atomic E-state index is -0.611. The first-order valence-corrected chi connectivity index (χ1v) is 15.4. The number of piperidine rings is 2. The number of fused-ring (bicyclic) bond motifs is 8. The molecule has 12 atom stereocenters. The molecule has 6 nitrogen and oxygen atoms in total. The highest BCUT2D eigenvalue weighted by molar-refractivity contribution is 5.86. The van der Waals surface area contributed by atoms with Gasteiger partial charge in [0.15, 0.2) is 0 Å². The van der Waals surface area contributed by atoms with Crippen LogP contribution in [0.5, 0.6) is 0 Å². The van der Waals surface area contributed by atoms with Gasteiger partial charge >= 0.3 is 5.97 Å². The Hall–Kier alpha value is -1.66. The molecule has 3 heterocycles. The van der Waals surface area contributed by atoms with Crippen molar-refractivity contribution in [2.45, 2.75) is 96.3 Å². The summed E-state index contributed by atoms with van der Waals surface area (Å²) < 4.78 is 11.0. The Kier molecular flexibility index (Phi) is 5.94. The smallest absolute Gasteiger partial charge is 0.374 e. The molecule has 2 saturated heterocycles. The van der Waals surface area contributed by atoms with Crippen molar-refractivity contribution in [1.29, 1.82) is 0 Å². The largest absolute Gasteiger partial charge is 0.457 e. The van der Waals surface area contributed by atoms with E-state index in [9.17, 15) is 14.7 Å². The van der Waals surface area contributed by atoms with Gasteiger partial charge in [0.25, 0.3) is 0 Å². The Labute approximate surface area is 226 Å². The third-order valence-corrected chi connectivity index (χ3v) is 12.8. The van der Waals surface area contributed by atoms with Gasteiger partial charge in [0.1, 0.15) is 11.9 Å². The van der Waals surface area contributed by atoms with Crippen LogP contribution in [0.4, 0.5) is 0 Å². The van der Waals surface area contributed by atoms with E-state index in [1.54, 1.807) is 12.1 Å². The molecule has 0 amide bonds. The SMILES string of the molecule is C[C@H]1CC[C@H]2N(C1)C[C@H]1[C@@H]3C[C@@H]4[C@H](CC(=O)[C@@H]5C[C@@H](OC(=O)c6ccco6)CC[C@]45C)[C@H]3CC[C@@H]1[C@]2(C)O. The van der Waals surface area contributed by atoms with Crippen molar-refractivity contribution in [3.8, 4) is 0 Å². The predicted octanol–water partition coefficient (Wildman–Crippen LogP) is 5.34. The number of carbonyl (C=O) groups excluding carboxylic acids is 2. The molecule has 1 N–H and O–H groups in total. The van der Waals surface area contributed by atoms with E-state index in [-0.39, 0.29) is 23.2 Å². The van der Waals surface area contributed by atoms with E-state index in [0.717, 1.165) is 38.8 Å². The fraction of sp³-hybridized carbons (Fsp3) is 0.812. The minimum absolute atomic E-state index is 0.0141. The van der Waals surface area contributed by atoms with Crippen molar-refractivity contribution in [3.05, 3.63) is 24.2 Å². The van der Waals surface area contributed by atoms with Crippen LogP contribution in [0.3, 0.4) is 0 Å². The van der Waals surface area contributed by atoms with Gasteiger partial charge in [-0.15, -0.1) is 0 Å². The first-order valence-electron chi connectivity index (χ1n) is 15.4. The summed E-state index contributed by atoms with van der Waals surface area (Å²) in [6.07, 6.45) is 10.2. The fourth-order valence-corrected chi connectivity index (χ4v) is 11.1. The first-order chi connectivity index (χ1) is 18.2. The highest BCUT2D eigenvalue weighted by Crippen LogP contribution is 2.66. The molecule has 0 spiro atoms. The lowest BCUT2D eigenvalue weighted by molar-refractivity contribution is -0.175. The average molecular weight is 524 g/mol. The van der Waals surface area contributed by atoms with Gasteiger partial charge in [-0.25, -0.2) is 4.79 Å². The molecule has 2 aliphatic heterocycles. The van der Waals surface area contributed by atoms with Crippen LogP contribution in [0.2, 0.25) is 0 Å². The number of esters is 1. The molecule has 38 heavy (non-hydrogen) atoms. The summed E-state index contributed by atoms with van der Waals surface area (Å²) in [7, 11) is 0. The second kappa shape index (κ2) is 8.92. The van der Waals surface area contributed by atoms with Gasteiger partial charge in [0, 0.05) is 31.5 Å². The Morgan fingerprint density at radius 2 is 1.87 bits per heavy atom. The van der Waals surface area contributed by atoms with Crippen molar-refractivity contribution >= 4 is 11.8 Å². The van der Waals surface area contributed by atoms with Gasteiger partial charge in [-0.3, -0.25) is 9.69 Å². The quantitative estimate of drug-likeness (QED) is 0.527. The molecule has 4 saturated carbocycles. The molecule has 6 aliphatic rings. The highest BCUT2D eigenvalue weighted by atomic mass is 16.6. The molecule has 208 valence electrons. The number of nitrogens with zero attached hydrogens (tertiary/aromatic N) is 1. The Bertz CT molecular complexity index is 1080. The minimum Gasteiger partial charge on any atom is -0.457 e. The molecule has 4 aliphatic carbocycles. The van der Waals surface area contributed by atoms with E-state index >= 15 is 0 Å². The van der Waals surface area contributed by atoms with E-state index < -0.39 is 11.6 Å². The maximum Gasteiger partial charge on any atom is 0.374 e.